The molecule has 1 amide bonds. The van der Waals surface area contributed by atoms with Gasteiger partial charge in [0.05, 0.1) is 24.0 Å². The summed E-state index contributed by atoms with van der Waals surface area (Å²) in [6, 6.07) is 6.24. The van der Waals surface area contributed by atoms with Gasteiger partial charge in [0.25, 0.3) is 0 Å². The van der Waals surface area contributed by atoms with Crippen molar-refractivity contribution in [1.82, 2.24) is 20.7 Å². The van der Waals surface area contributed by atoms with Crippen LogP contribution in [0.25, 0.3) is 0 Å². The Kier molecular flexibility index (Phi) is 3.96. The fourth-order valence-electron chi connectivity index (χ4n) is 3.72. The largest absolute Gasteiger partial charge is 0.493 e. The average Bonchev–Trinajstić information content (AvgIpc) is 3.09. The van der Waals surface area contributed by atoms with Crippen molar-refractivity contribution in [3.63, 3.8) is 0 Å². The van der Waals surface area contributed by atoms with E-state index in [2.05, 4.69) is 39.8 Å². The quantitative estimate of drug-likeness (QED) is 0.905. The monoisotopic (exact) mass is 326 g/mol. The highest BCUT2D eigenvalue weighted by Gasteiger charge is 2.30. The average molecular weight is 326 g/mol. The molecule has 1 aliphatic carbocycles. The van der Waals surface area contributed by atoms with Gasteiger partial charge in [0, 0.05) is 24.3 Å². The predicted octanol–water partition coefficient (Wildman–Crippen LogP) is 2.11. The summed E-state index contributed by atoms with van der Waals surface area (Å²) < 4.78 is 5.87. The summed E-state index contributed by atoms with van der Waals surface area (Å²) >= 11 is 0. The maximum Gasteiger partial charge on any atom is 0.224 e. The van der Waals surface area contributed by atoms with Crippen LogP contribution < -0.4 is 10.1 Å². The summed E-state index contributed by atoms with van der Waals surface area (Å²) in [4.78, 5) is 12.8. The molecule has 0 unspecified atom stereocenters. The first-order valence-corrected chi connectivity index (χ1v) is 8.69. The van der Waals surface area contributed by atoms with Crippen molar-refractivity contribution in [1.29, 1.82) is 0 Å². The van der Waals surface area contributed by atoms with E-state index in [4.69, 9.17) is 4.74 Å². The van der Waals surface area contributed by atoms with Crippen LogP contribution in [0, 0.1) is 5.92 Å². The van der Waals surface area contributed by atoms with Crippen LogP contribution in [0.4, 0.5) is 0 Å². The molecule has 1 aliphatic heterocycles. The molecule has 4 rings (SSSR count). The number of hydrogen-bond donors (Lipinski definition) is 2. The zero-order valence-corrected chi connectivity index (χ0v) is 13.8. The van der Waals surface area contributed by atoms with Gasteiger partial charge in [-0.05, 0) is 24.8 Å². The highest BCUT2D eigenvalue weighted by molar-refractivity contribution is 5.80. The molecule has 6 nitrogen and oxygen atoms in total. The Morgan fingerprint density at radius 3 is 3.08 bits per heavy atom. The number of fused-ring (bicyclic) bond motifs is 2. The molecule has 126 valence electrons. The number of para-hydroxylation sites is 1. The van der Waals surface area contributed by atoms with Gasteiger partial charge >= 0.3 is 0 Å². The molecule has 0 saturated carbocycles. The van der Waals surface area contributed by atoms with E-state index < -0.39 is 0 Å². The number of nitrogens with one attached hydrogen (secondary N) is 2. The standard InChI is InChI=1S/C18H22N4O2/c1-2-11-4-3-5-13-14(8-9-24-17(11)13)19-18(23)12-6-7-15-16(10-12)21-22-20-15/h3-5,12,14H,2,6-10H2,1H3,(H,19,23)(H,20,21,22)/t12-,14-/m1/s1. The summed E-state index contributed by atoms with van der Waals surface area (Å²) in [5, 5.41) is 14.2. The van der Waals surface area contributed by atoms with Gasteiger partial charge in [-0.15, -0.1) is 0 Å². The number of benzene rings is 1. The number of ether oxygens (including phenoxy) is 1. The van der Waals surface area contributed by atoms with Crippen LogP contribution in [-0.4, -0.2) is 27.9 Å². The molecule has 0 spiro atoms. The normalized spacial score (nSPS) is 22.2. The molecule has 24 heavy (non-hydrogen) atoms. The van der Waals surface area contributed by atoms with Gasteiger partial charge < -0.3 is 10.1 Å². The SMILES string of the molecule is CCc1cccc2c1OCC[C@H]2NC(=O)[C@@H]1CCc2n[nH]nc2C1. The van der Waals surface area contributed by atoms with Crippen LogP contribution >= 0.6 is 0 Å². The van der Waals surface area contributed by atoms with Crippen LogP contribution in [-0.2, 0) is 24.1 Å². The number of aromatic amines is 1. The number of hydrogen-bond acceptors (Lipinski definition) is 4. The van der Waals surface area contributed by atoms with Crippen molar-refractivity contribution in [2.45, 2.75) is 45.1 Å². The van der Waals surface area contributed by atoms with Gasteiger partial charge in [-0.1, -0.05) is 25.1 Å². The van der Waals surface area contributed by atoms with Crippen molar-refractivity contribution in [2.24, 2.45) is 5.92 Å². The summed E-state index contributed by atoms with van der Waals surface area (Å²) in [7, 11) is 0. The molecule has 1 aromatic carbocycles. The second-order valence-electron chi connectivity index (χ2n) is 6.54. The molecule has 2 aromatic rings. The smallest absolute Gasteiger partial charge is 0.224 e. The third-order valence-electron chi connectivity index (χ3n) is 5.10. The number of nitrogens with zero attached hydrogens (tertiary/aromatic N) is 2. The van der Waals surface area contributed by atoms with Crippen molar-refractivity contribution < 1.29 is 9.53 Å². The van der Waals surface area contributed by atoms with Gasteiger partial charge in [0.2, 0.25) is 5.91 Å². The van der Waals surface area contributed by atoms with E-state index in [1.807, 2.05) is 6.07 Å². The Balaban J connectivity index is 1.50. The maximum atomic E-state index is 12.8. The molecule has 0 fully saturated rings. The lowest BCUT2D eigenvalue weighted by Crippen LogP contribution is -2.38. The van der Waals surface area contributed by atoms with Crippen LogP contribution in [0.5, 0.6) is 5.75 Å². The van der Waals surface area contributed by atoms with Crippen LogP contribution in [0.15, 0.2) is 18.2 Å². The first-order valence-electron chi connectivity index (χ1n) is 8.69. The number of aryl methyl sites for hydroxylation is 2. The third kappa shape index (κ3) is 2.66. The third-order valence-corrected chi connectivity index (χ3v) is 5.10. The Hall–Kier alpha value is -2.37. The molecule has 2 atom stereocenters. The van der Waals surface area contributed by atoms with E-state index >= 15 is 0 Å². The number of aromatic nitrogens is 3. The first-order chi connectivity index (χ1) is 11.8. The number of rotatable bonds is 3. The molecule has 1 aromatic heterocycles. The van der Waals surface area contributed by atoms with E-state index in [0.29, 0.717) is 13.0 Å². The zero-order chi connectivity index (χ0) is 16.5. The van der Waals surface area contributed by atoms with Gasteiger partial charge in [-0.2, -0.15) is 15.4 Å². The second kappa shape index (κ2) is 6.26. The van der Waals surface area contributed by atoms with Crippen LogP contribution in [0.3, 0.4) is 0 Å². The minimum absolute atomic E-state index is 0.0248. The molecule has 2 aliphatic rings. The molecule has 6 heteroatoms. The van der Waals surface area contributed by atoms with Crippen LogP contribution in [0.2, 0.25) is 0 Å². The molecule has 2 heterocycles. The first kappa shape index (κ1) is 15.2. The van der Waals surface area contributed by atoms with Crippen molar-refractivity contribution in [3.05, 3.63) is 40.7 Å². The van der Waals surface area contributed by atoms with Gasteiger partial charge in [-0.25, -0.2) is 0 Å². The summed E-state index contributed by atoms with van der Waals surface area (Å²) in [5.74, 6) is 1.05. The van der Waals surface area contributed by atoms with Crippen molar-refractivity contribution >= 4 is 5.91 Å². The van der Waals surface area contributed by atoms with E-state index in [-0.39, 0.29) is 17.9 Å². The molecule has 0 radical (unpaired) electrons. The van der Waals surface area contributed by atoms with Gasteiger partial charge in [-0.3, -0.25) is 4.79 Å². The summed E-state index contributed by atoms with van der Waals surface area (Å²) in [6.45, 7) is 2.77. The second-order valence-corrected chi connectivity index (χ2v) is 6.54. The van der Waals surface area contributed by atoms with Crippen molar-refractivity contribution in [3.8, 4) is 5.75 Å². The fourth-order valence-corrected chi connectivity index (χ4v) is 3.72. The molecule has 2 N–H and O–H groups in total. The lowest BCUT2D eigenvalue weighted by molar-refractivity contribution is -0.126. The maximum absolute atomic E-state index is 12.8. The lowest BCUT2D eigenvalue weighted by Gasteiger charge is -2.30. The zero-order valence-electron chi connectivity index (χ0n) is 13.8. The highest BCUT2D eigenvalue weighted by Crippen LogP contribution is 2.35. The summed E-state index contributed by atoms with van der Waals surface area (Å²) in [5.41, 5.74) is 4.24. The number of H-pyrrole nitrogens is 1. The minimum atomic E-state index is -0.0248. The topological polar surface area (TPSA) is 79.9 Å². The highest BCUT2D eigenvalue weighted by atomic mass is 16.5. The minimum Gasteiger partial charge on any atom is -0.493 e. The van der Waals surface area contributed by atoms with Crippen LogP contribution in [0.1, 0.15) is 48.3 Å². The molecular weight excluding hydrogens is 304 g/mol. The Labute approximate surface area is 141 Å². The number of carbonyl (C=O) groups excluding carboxylic acids is 1. The Morgan fingerprint density at radius 2 is 2.21 bits per heavy atom. The number of carbonyl (C=O) groups is 1. The van der Waals surface area contributed by atoms with Crippen molar-refractivity contribution in [2.75, 3.05) is 6.61 Å². The Bertz CT molecular complexity index is 755. The Morgan fingerprint density at radius 1 is 1.33 bits per heavy atom. The molecule has 0 bridgehead atoms. The van der Waals surface area contributed by atoms with E-state index in [1.54, 1.807) is 0 Å². The molecular formula is C18H22N4O2. The van der Waals surface area contributed by atoms with Gasteiger partial charge in [0.1, 0.15) is 5.75 Å². The lowest BCUT2D eigenvalue weighted by atomic mass is 9.88. The number of amides is 1. The van der Waals surface area contributed by atoms with Gasteiger partial charge in [0.15, 0.2) is 0 Å². The predicted molar refractivity (Wildman–Crippen MR) is 88.7 cm³/mol. The molecule has 0 saturated heterocycles. The summed E-state index contributed by atoms with van der Waals surface area (Å²) in [6.07, 6.45) is 4.06. The van der Waals surface area contributed by atoms with E-state index in [1.165, 1.54) is 5.56 Å². The van der Waals surface area contributed by atoms with E-state index in [9.17, 15) is 4.79 Å². The fraction of sp³-hybridized carbons (Fsp3) is 0.500. The van der Waals surface area contributed by atoms with E-state index in [0.717, 1.165) is 48.4 Å².